The third-order valence-corrected chi connectivity index (χ3v) is 4.28. The number of nitrogens with one attached hydrogen (secondary N) is 1. The molecular formula is C12H21N3S. The first-order valence-corrected chi connectivity index (χ1v) is 7.02. The molecule has 0 radical (unpaired) electrons. The number of anilines is 2. The minimum atomic E-state index is 0.683. The van der Waals surface area contributed by atoms with Crippen LogP contribution in [0.25, 0.3) is 0 Å². The van der Waals surface area contributed by atoms with E-state index >= 15 is 0 Å². The summed E-state index contributed by atoms with van der Waals surface area (Å²) in [6, 6.07) is 0. The summed E-state index contributed by atoms with van der Waals surface area (Å²) in [7, 11) is 0. The minimum absolute atomic E-state index is 0.683. The van der Waals surface area contributed by atoms with Crippen molar-refractivity contribution in [2.75, 3.05) is 17.6 Å². The minimum Gasteiger partial charge on any atom is -0.383 e. The Morgan fingerprint density at radius 2 is 2.12 bits per heavy atom. The van der Waals surface area contributed by atoms with Gasteiger partial charge in [0.15, 0.2) is 0 Å². The van der Waals surface area contributed by atoms with Crippen LogP contribution in [0.2, 0.25) is 0 Å². The van der Waals surface area contributed by atoms with Crippen molar-refractivity contribution < 1.29 is 0 Å². The van der Waals surface area contributed by atoms with E-state index in [1.807, 2.05) is 0 Å². The molecule has 90 valence electrons. The van der Waals surface area contributed by atoms with Gasteiger partial charge in [0.25, 0.3) is 0 Å². The molecule has 1 heterocycles. The van der Waals surface area contributed by atoms with E-state index in [2.05, 4.69) is 23.5 Å². The molecule has 1 aromatic heterocycles. The van der Waals surface area contributed by atoms with Gasteiger partial charge in [0.2, 0.25) is 0 Å². The van der Waals surface area contributed by atoms with Crippen LogP contribution in [0.1, 0.15) is 51.0 Å². The number of nitrogen functional groups attached to an aromatic ring is 1. The SMILES string of the molecule is CCC(CC)CNc1snc(N)c1C1CC1. The zero-order chi connectivity index (χ0) is 11.5. The van der Waals surface area contributed by atoms with E-state index in [4.69, 9.17) is 5.73 Å². The highest BCUT2D eigenvalue weighted by molar-refractivity contribution is 7.10. The van der Waals surface area contributed by atoms with Crippen LogP contribution in [0.4, 0.5) is 10.8 Å². The molecule has 16 heavy (non-hydrogen) atoms. The number of nitrogens with two attached hydrogens (primary N) is 1. The molecule has 3 N–H and O–H groups in total. The van der Waals surface area contributed by atoms with Crippen molar-refractivity contribution in [2.45, 2.75) is 45.4 Å². The molecule has 1 aromatic rings. The Kier molecular flexibility index (Phi) is 3.69. The number of aromatic nitrogens is 1. The van der Waals surface area contributed by atoms with Gasteiger partial charge in [-0.15, -0.1) is 0 Å². The van der Waals surface area contributed by atoms with E-state index in [9.17, 15) is 0 Å². The van der Waals surface area contributed by atoms with Crippen LogP contribution in [0.5, 0.6) is 0 Å². The van der Waals surface area contributed by atoms with Gasteiger partial charge in [0.05, 0.1) is 0 Å². The second-order valence-electron chi connectivity index (χ2n) is 4.65. The Balaban J connectivity index is 1.98. The van der Waals surface area contributed by atoms with Crippen molar-refractivity contribution in [1.29, 1.82) is 0 Å². The fraction of sp³-hybridized carbons (Fsp3) is 0.750. The first kappa shape index (κ1) is 11.7. The zero-order valence-electron chi connectivity index (χ0n) is 10.1. The molecule has 2 rings (SSSR count). The van der Waals surface area contributed by atoms with Crippen molar-refractivity contribution in [3.05, 3.63) is 5.56 Å². The lowest BCUT2D eigenvalue weighted by Crippen LogP contribution is -2.12. The second-order valence-corrected chi connectivity index (χ2v) is 5.42. The van der Waals surface area contributed by atoms with Crippen LogP contribution in [0, 0.1) is 5.92 Å². The average molecular weight is 239 g/mol. The predicted molar refractivity (Wildman–Crippen MR) is 71.1 cm³/mol. The van der Waals surface area contributed by atoms with Gasteiger partial charge in [-0.3, -0.25) is 0 Å². The first-order chi connectivity index (χ1) is 7.76. The smallest absolute Gasteiger partial charge is 0.142 e. The standard InChI is InChI=1S/C12H21N3S/c1-3-8(4-2)7-14-12-10(9-5-6-9)11(13)15-16-12/h8-9,14H,3-7H2,1-2H3,(H2,13,15). The van der Waals surface area contributed by atoms with Crippen molar-refractivity contribution in [3.63, 3.8) is 0 Å². The van der Waals surface area contributed by atoms with Gasteiger partial charge in [0.1, 0.15) is 10.8 Å². The maximum atomic E-state index is 5.91. The van der Waals surface area contributed by atoms with E-state index in [0.717, 1.165) is 18.3 Å². The Morgan fingerprint density at radius 3 is 2.69 bits per heavy atom. The quantitative estimate of drug-likeness (QED) is 0.799. The normalized spacial score (nSPS) is 15.7. The molecular weight excluding hydrogens is 218 g/mol. The Hall–Kier alpha value is -0.770. The van der Waals surface area contributed by atoms with Gasteiger partial charge < -0.3 is 11.1 Å². The largest absolute Gasteiger partial charge is 0.383 e. The van der Waals surface area contributed by atoms with Crippen LogP contribution in [-0.4, -0.2) is 10.9 Å². The maximum absolute atomic E-state index is 5.91. The molecule has 0 saturated heterocycles. The van der Waals surface area contributed by atoms with Gasteiger partial charge in [0, 0.05) is 12.1 Å². The molecule has 4 heteroatoms. The Morgan fingerprint density at radius 1 is 1.44 bits per heavy atom. The molecule has 1 saturated carbocycles. The van der Waals surface area contributed by atoms with Crippen LogP contribution in [-0.2, 0) is 0 Å². The van der Waals surface area contributed by atoms with Crippen molar-refractivity contribution in [2.24, 2.45) is 5.92 Å². The lowest BCUT2D eigenvalue weighted by atomic mass is 10.0. The van der Waals surface area contributed by atoms with Gasteiger partial charge in [-0.2, -0.15) is 4.37 Å². The van der Waals surface area contributed by atoms with Crippen molar-refractivity contribution in [3.8, 4) is 0 Å². The molecule has 0 unspecified atom stereocenters. The fourth-order valence-corrected chi connectivity index (χ4v) is 2.82. The summed E-state index contributed by atoms with van der Waals surface area (Å²) >= 11 is 1.52. The Labute approximate surface area is 102 Å². The predicted octanol–water partition coefficient (Wildman–Crippen LogP) is 3.45. The zero-order valence-corrected chi connectivity index (χ0v) is 10.9. The van der Waals surface area contributed by atoms with Crippen LogP contribution in [0.3, 0.4) is 0 Å². The average Bonchev–Trinajstić information content (AvgIpc) is 3.05. The lowest BCUT2D eigenvalue weighted by molar-refractivity contribution is 0.519. The maximum Gasteiger partial charge on any atom is 0.142 e. The van der Waals surface area contributed by atoms with Crippen LogP contribution >= 0.6 is 11.5 Å². The molecule has 1 aliphatic carbocycles. The summed E-state index contributed by atoms with van der Waals surface area (Å²) in [6.45, 7) is 5.55. The molecule has 1 fully saturated rings. The summed E-state index contributed by atoms with van der Waals surface area (Å²) in [6.07, 6.45) is 5.03. The summed E-state index contributed by atoms with van der Waals surface area (Å²) in [4.78, 5) is 0. The van der Waals surface area contributed by atoms with E-state index < -0.39 is 0 Å². The van der Waals surface area contributed by atoms with Crippen LogP contribution < -0.4 is 11.1 Å². The monoisotopic (exact) mass is 239 g/mol. The van der Waals surface area contributed by atoms with Crippen molar-refractivity contribution in [1.82, 2.24) is 4.37 Å². The van der Waals surface area contributed by atoms with E-state index in [1.54, 1.807) is 0 Å². The van der Waals surface area contributed by atoms with Gasteiger partial charge in [-0.25, -0.2) is 0 Å². The number of nitrogens with zero attached hydrogens (tertiary/aromatic N) is 1. The summed E-state index contributed by atoms with van der Waals surface area (Å²) < 4.78 is 4.26. The summed E-state index contributed by atoms with van der Waals surface area (Å²) in [5.41, 5.74) is 7.20. The van der Waals surface area contributed by atoms with E-state index in [0.29, 0.717) is 5.92 Å². The molecule has 1 aliphatic rings. The van der Waals surface area contributed by atoms with E-state index in [1.165, 1.54) is 47.8 Å². The molecule has 3 nitrogen and oxygen atoms in total. The highest BCUT2D eigenvalue weighted by Gasteiger charge is 2.30. The number of hydrogen-bond donors (Lipinski definition) is 2. The van der Waals surface area contributed by atoms with Gasteiger partial charge in [-0.05, 0) is 36.2 Å². The molecule has 0 amide bonds. The van der Waals surface area contributed by atoms with E-state index in [-0.39, 0.29) is 0 Å². The highest BCUT2D eigenvalue weighted by atomic mass is 32.1. The lowest BCUT2D eigenvalue weighted by Gasteiger charge is -2.13. The number of hydrogen-bond acceptors (Lipinski definition) is 4. The molecule has 0 aromatic carbocycles. The fourth-order valence-electron chi connectivity index (χ4n) is 2.02. The first-order valence-electron chi connectivity index (χ1n) is 6.25. The van der Waals surface area contributed by atoms with Crippen molar-refractivity contribution >= 4 is 22.4 Å². The topological polar surface area (TPSA) is 50.9 Å². The third kappa shape index (κ3) is 2.48. The third-order valence-electron chi connectivity index (χ3n) is 3.45. The van der Waals surface area contributed by atoms with Gasteiger partial charge >= 0.3 is 0 Å². The highest BCUT2D eigenvalue weighted by Crippen LogP contribution is 2.47. The molecule has 0 aliphatic heterocycles. The second kappa shape index (κ2) is 5.04. The summed E-state index contributed by atoms with van der Waals surface area (Å²) in [5, 5.41) is 4.75. The van der Waals surface area contributed by atoms with Gasteiger partial charge in [-0.1, -0.05) is 26.7 Å². The Bertz CT molecular complexity index is 340. The number of rotatable bonds is 6. The summed E-state index contributed by atoms with van der Waals surface area (Å²) in [5.74, 6) is 2.19. The molecule has 0 bridgehead atoms. The van der Waals surface area contributed by atoms with Crippen LogP contribution in [0.15, 0.2) is 0 Å². The molecule has 0 spiro atoms. The molecule has 0 atom stereocenters.